The molecule has 1 atom stereocenters. The first-order chi connectivity index (χ1) is 10.6. The molecule has 3 nitrogen and oxygen atoms in total. The standard InChI is InChI=1S/C17H15NO2S2/c1-18-12-7-4-3-6-11(12)16(17(18)20)15(21-2)10-13(19)14-8-5-9-22-14/h3-10,16H,1-2H3/b15-10+. The molecule has 1 aliphatic heterocycles. The fraction of sp³-hybridized carbons (Fsp3) is 0.176. The van der Waals surface area contributed by atoms with Crippen molar-refractivity contribution in [2.24, 2.45) is 0 Å². The number of thiophene rings is 1. The van der Waals surface area contributed by atoms with Crippen molar-refractivity contribution in [3.63, 3.8) is 0 Å². The van der Waals surface area contributed by atoms with E-state index in [1.807, 2.05) is 42.0 Å². The normalized spacial score (nSPS) is 17.7. The fourth-order valence-corrected chi connectivity index (χ4v) is 3.96. The average Bonchev–Trinajstić information content (AvgIpc) is 3.15. The van der Waals surface area contributed by atoms with Gasteiger partial charge in [-0.25, -0.2) is 0 Å². The summed E-state index contributed by atoms with van der Waals surface area (Å²) >= 11 is 2.87. The van der Waals surface area contributed by atoms with Gasteiger partial charge in [-0.3, -0.25) is 9.59 Å². The van der Waals surface area contributed by atoms with Gasteiger partial charge in [-0.15, -0.1) is 23.1 Å². The van der Waals surface area contributed by atoms with Crippen LogP contribution in [0.25, 0.3) is 0 Å². The summed E-state index contributed by atoms with van der Waals surface area (Å²) in [6.07, 6.45) is 3.51. The van der Waals surface area contributed by atoms with Gasteiger partial charge < -0.3 is 4.90 Å². The third-order valence-corrected chi connectivity index (χ3v) is 5.45. The van der Waals surface area contributed by atoms with E-state index >= 15 is 0 Å². The minimum Gasteiger partial charge on any atom is -0.314 e. The van der Waals surface area contributed by atoms with Crippen LogP contribution in [-0.2, 0) is 4.79 Å². The van der Waals surface area contributed by atoms with Crippen LogP contribution in [0.4, 0.5) is 5.69 Å². The predicted molar refractivity (Wildman–Crippen MR) is 92.8 cm³/mol. The number of likely N-dealkylation sites (N-methyl/N-ethyl adjacent to an activating group) is 1. The Morgan fingerprint density at radius 2 is 2.05 bits per heavy atom. The van der Waals surface area contributed by atoms with Gasteiger partial charge >= 0.3 is 0 Å². The number of benzene rings is 1. The smallest absolute Gasteiger partial charge is 0.239 e. The number of carbonyl (C=O) groups is 2. The van der Waals surface area contributed by atoms with Crippen molar-refractivity contribution in [2.75, 3.05) is 18.2 Å². The maximum absolute atomic E-state index is 12.6. The molecule has 1 unspecified atom stereocenters. The minimum atomic E-state index is -0.375. The summed E-state index contributed by atoms with van der Waals surface area (Å²) in [6, 6.07) is 11.4. The van der Waals surface area contributed by atoms with E-state index in [9.17, 15) is 9.59 Å². The Morgan fingerprint density at radius 3 is 2.73 bits per heavy atom. The van der Waals surface area contributed by atoms with Crippen molar-refractivity contribution in [2.45, 2.75) is 5.92 Å². The Labute approximate surface area is 137 Å². The van der Waals surface area contributed by atoms with Crippen LogP contribution < -0.4 is 4.90 Å². The summed E-state index contributed by atoms with van der Waals surface area (Å²) in [4.78, 5) is 28.1. The molecule has 0 bridgehead atoms. The van der Waals surface area contributed by atoms with Crippen LogP contribution in [0.5, 0.6) is 0 Å². The number of rotatable bonds is 4. The summed E-state index contributed by atoms with van der Waals surface area (Å²) < 4.78 is 0. The summed E-state index contributed by atoms with van der Waals surface area (Å²) in [5.41, 5.74) is 1.88. The number of fused-ring (bicyclic) bond motifs is 1. The Bertz CT molecular complexity index is 750. The van der Waals surface area contributed by atoms with Gasteiger partial charge in [0.25, 0.3) is 0 Å². The van der Waals surface area contributed by atoms with E-state index in [1.54, 1.807) is 24.1 Å². The molecule has 2 aromatic rings. The van der Waals surface area contributed by atoms with Crippen molar-refractivity contribution in [3.05, 3.63) is 63.2 Å². The highest BCUT2D eigenvalue weighted by atomic mass is 32.2. The molecular formula is C17H15NO2S2. The van der Waals surface area contributed by atoms with Crippen LogP contribution in [-0.4, -0.2) is 25.0 Å². The first kappa shape index (κ1) is 15.1. The fourth-order valence-electron chi connectivity index (χ4n) is 2.64. The van der Waals surface area contributed by atoms with E-state index in [0.717, 1.165) is 16.2 Å². The van der Waals surface area contributed by atoms with Gasteiger partial charge in [-0.1, -0.05) is 24.3 Å². The lowest BCUT2D eigenvalue weighted by Gasteiger charge is -2.13. The van der Waals surface area contributed by atoms with Crippen LogP contribution in [0.3, 0.4) is 0 Å². The van der Waals surface area contributed by atoms with Gasteiger partial charge in [-0.05, 0) is 35.4 Å². The molecule has 112 valence electrons. The monoisotopic (exact) mass is 329 g/mol. The molecule has 0 saturated heterocycles. The molecule has 0 aliphatic carbocycles. The SMILES string of the molecule is CS/C(=C/C(=O)c1cccs1)C1C(=O)N(C)c2ccccc21. The van der Waals surface area contributed by atoms with E-state index in [0.29, 0.717) is 4.88 Å². The first-order valence-electron chi connectivity index (χ1n) is 6.83. The number of hydrogen-bond donors (Lipinski definition) is 0. The second kappa shape index (κ2) is 6.10. The number of anilines is 1. The van der Waals surface area contributed by atoms with Gasteiger partial charge in [-0.2, -0.15) is 0 Å². The van der Waals surface area contributed by atoms with Crippen LogP contribution in [0.2, 0.25) is 0 Å². The van der Waals surface area contributed by atoms with Crippen LogP contribution in [0.15, 0.2) is 52.8 Å². The topological polar surface area (TPSA) is 37.4 Å². The Morgan fingerprint density at radius 1 is 1.27 bits per heavy atom. The molecular weight excluding hydrogens is 314 g/mol. The van der Waals surface area contributed by atoms with Gasteiger partial charge in [0.1, 0.15) is 0 Å². The average molecular weight is 329 g/mol. The van der Waals surface area contributed by atoms with Crippen molar-refractivity contribution in [3.8, 4) is 0 Å². The number of carbonyl (C=O) groups excluding carboxylic acids is 2. The Balaban J connectivity index is 2.01. The lowest BCUT2D eigenvalue weighted by atomic mass is 9.99. The van der Waals surface area contributed by atoms with E-state index in [2.05, 4.69) is 0 Å². The highest BCUT2D eigenvalue weighted by molar-refractivity contribution is 8.02. The van der Waals surface area contributed by atoms with E-state index < -0.39 is 0 Å². The molecule has 2 heterocycles. The molecule has 0 spiro atoms. The van der Waals surface area contributed by atoms with Gasteiger partial charge in [0.2, 0.25) is 5.91 Å². The van der Waals surface area contributed by atoms with Crippen LogP contribution >= 0.6 is 23.1 Å². The number of hydrogen-bond acceptors (Lipinski definition) is 4. The van der Waals surface area contributed by atoms with Gasteiger partial charge in [0, 0.05) is 17.6 Å². The van der Waals surface area contributed by atoms with E-state index in [4.69, 9.17) is 0 Å². The summed E-state index contributed by atoms with van der Waals surface area (Å²) in [6.45, 7) is 0. The Hall–Kier alpha value is -1.85. The molecule has 0 saturated carbocycles. The van der Waals surface area contributed by atoms with Crippen molar-refractivity contribution >= 4 is 40.5 Å². The minimum absolute atomic E-state index is 0.0146. The number of ketones is 1. The molecule has 0 radical (unpaired) electrons. The molecule has 22 heavy (non-hydrogen) atoms. The largest absolute Gasteiger partial charge is 0.314 e. The molecule has 3 rings (SSSR count). The summed E-state index contributed by atoms with van der Waals surface area (Å²) in [5, 5.41) is 1.88. The maximum Gasteiger partial charge on any atom is 0.239 e. The van der Waals surface area contributed by atoms with E-state index in [-0.39, 0.29) is 17.6 Å². The maximum atomic E-state index is 12.6. The molecule has 1 aromatic heterocycles. The second-order valence-corrected chi connectivity index (χ2v) is 6.81. The number of thioether (sulfide) groups is 1. The zero-order valence-corrected chi connectivity index (χ0v) is 13.9. The third kappa shape index (κ3) is 2.51. The number of para-hydroxylation sites is 1. The number of allylic oxidation sites excluding steroid dienone is 1. The van der Waals surface area contributed by atoms with Crippen molar-refractivity contribution in [1.82, 2.24) is 0 Å². The lowest BCUT2D eigenvalue weighted by Crippen LogP contribution is -2.24. The molecule has 0 fully saturated rings. The molecule has 5 heteroatoms. The zero-order chi connectivity index (χ0) is 15.7. The second-order valence-electron chi connectivity index (χ2n) is 4.98. The highest BCUT2D eigenvalue weighted by Gasteiger charge is 2.37. The Kier molecular flexibility index (Phi) is 4.18. The molecule has 1 aliphatic rings. The highest BCUT2D eigenvalue weighted by Crippen LogP contribution is 2.43. The zero-order valence-electron chi connectivity index (χ0n) is 12.3. The van der Waals surface area contributed by atoms with Crippen LogP contribution in [0.1, 0.15) is 21.2 Å². The molecule has 1 aromatic carbocycles. The summed E-state index contributed by atoms with van der Waals surface area (Å²) in [7, 11) is 1.78. The predicted octanol–water partition coefficient (Wildman–Crippen LogP) is 3.94. The van der Waals surface area contributed by atoms with Gasteiger partial charge in [0.15, 0.2) is 5.78 Å². The third-order valence-electron chi connectivity index (χ3n) is 3.74. The summed E-state index contributed by atoms with van der Waals surface area (Å²) in [5.74, 6) is -0.403. The van der Waals surface area contributed by atoms with Crippen molar-refractivity contribution in [1.29, 1.82) is 0 Å². The van der Waals surface area contributed by atoms with Gasteiger partial charge in [0.05, 0.1) is 10.8 Å². The quantitative estimate of drug-likeness (QED) is 0.630. The number of nitrogens with zero attached hydrogens (tertiary/aromatic N) is 1. The lowest BCUT2D eigenvalue weighted by molar-refractivity contribution is -0.118. The molecule has 1 amide bonds. The molecule has 0 N–H and O–H groups in total. The van der Waals surface area contributed by atoms with Crippen molar-refractivity contribution < 1.29 is 9.59 Å². The number of amides is 1. The van der Waals surface area contributed by atoms with E-state index in [1.165, 1.54) is 23.1 Å². The van der Waals surface area contributed by atoms with Crippen LogP contribution in [0, 0.1) is 0 Å². The first-order valence-corrected chi connectivity index (χ1v) is 8.94.